The number of nitrogens with zero attached hydrogens (tertiary/aromatic N) is 1. The summed E-state index contributed by atoms with van der Waals surface area (Å²) in [6, 6.07) is 10.8. The smallest absolute Gasteiger partial charge is 0.236 e. The first kappa shape index (κ1) is 19.1. The molecule has 0 saturated heterocycles. The molecule has 0 aliphatic rings. The number of aryl methyl sites for hydroxylation is 1. The van der Waals surface area contributed by atoms with Crippen LogP contribution in [-0.2, 0) is 17.9 Å². The van der Waals surface area contributed by atoms with Crippen LogP contribution in [0, 0.1) is 18.7 Å². The van der Waals surface area contributed by atoms with Crippen LogP contribution in [-0.4, -0.2) is 9.54 Å². The third-order valence-electron chi connectivity index (χ3n) is 3.51. The predicted octanol–water partition coefficient (Wildman–Crippen LogP) is 5.24. The van der Waals surface area contributed by atoms with Gasteiger partial charge in [-0.2, -0.15) is 14.1 Å². The highest BCUT2D eigenvalue weighted by atomic mass is 79.9. The number of benzene rings is 1. The summed E-state index contributed by atoms with van der Waals surface area (Å²) in [4.78, 5) is 4.55. The monoisotopic (exact) mass is 457 g/mol. The molecule has 136 valence electrons. The van der Waals surface area contributed by atoms with Crippen LogP contribution in [0.2, 0.25) is 0 Å². The molecule has 1 unspecified atom stereocenters. The van der Waals surface area contributed by atoms with Crippen molar-refractivity contribution in [1.82, 2.24) is 4.98 Å². The first-order chi connectivity index (χ1) is 12.4. The number of hydrogen-bond acceptors (Lipinski definition) is 5. The van der Waals surface area contributed by atoms with Crippen molar-refractivity contribution in [3.63, 3.8) is 0 Å². The third-order valence-corrected chi connectivity index (χ3v) is 6.68. The number of nitrogens with one attached hydrogen (secondary N) is 2. The molecule has 3 aromatic rings. The molecule has 0 bridgehead atoms. The Balaban J connectivity index is 1.70. The molecule has 1 aromatic carbocycles. The molecule has 3 rings (SSSR count). The maximum Gasteiger partial charge on any atom is 0.236 e. The topological polar surface area (TPSA) is 60.0 Å². The van der Waals surface area contributed by atoms with Crippen LogP contribution < -0.4 is 10.0 Å². The first-order valence-electron chi connectivity index (χ1n) is 7.52. The zero-order valence-corrected chi connectivity index (χ0v) is 16.8. The average Bonchev–Trinajstić information content (AvgIpc) is 2.96. The lowest BCUT2D eigenvalue weighted by Gasteiger charge is -2.09. The molecule has 2 aromatic heterocycles. The Morgan fingerprint density at radius 2 is 2.00 bits per heavy atom. The summed E-state index contributed by atoms with van der Waals surface area (Å²) >= 11 is 3.10. The maximum atomic E-state index is 13.9. The molecule has 0 saturated carbocycles. The van der Waals surface area contributed by atoms with Crippen molar-refractivity contribution in [2.75, 3.05) is 10.0 Å². The van der Waals surface area contributed by atoms with Crippen molar-refractivity contribution in [1.29, 1.82) is 0 Å². The van der Waals surface area contributed by atoms with Gasteiger partial charge < -0.3 is 9.87 Å². The summed E-state index contributed by atoms with van der Waals surface area (Å²) < 4.78 is 43.4. The van der Waals surface area contributed by atoms with Gasteiger partial charge in [-0.05, 0) is 31.2 Å². The number of aromatic nitrogens is 1. The number of rotatable bonds is 6. The Bertz CT molecular complexity index is 903. The van der Waals surface area contributed by atoms with E-state index in [0.717, 1.165) is 10.6 Å². The van der Waals surface area contributed by atoms with Crippen LogP contribution >= 0.6 is 27.3 Å². The minimum atomic E-state index is -1.57. The zero-order chi connectivity index (χ0) is 18.7. The molecule has 0 aliphatic heterocycles. The Labute approximate surface area is 165 Å². The van der Waals surface area contributed by atoms with Gasteiger partial charge in [0.1, 0.15) is 17.2 Å². The second kappa shape index (κ2) is 8.34. The molecule has 9 heteroatoms. The quantitative estimate of drug-likeness (QED) is 0.392. The first-order valence-corrected chi connectivity index (χ1v) is 10.3. The van der Waals surface area contributed by atoms with Gasteiger partial charge >= 0.3 is 0 Å². The molecule has 2 N–H and O–H groups in total. The Hall–Kier alpha value is -1.68. The minimum absolute atomic E-state index is 0.194. The second-order valence-electron chi connectivity index (χ2n) is 5.31. The molecule has 1 atom stereocenters. The van der Waals surface area contributed by atoms with Crippen LogP contribution in [0.4, 0.5) is 20.3 Å². The van der Waals surface area contributed by atoms with Gasteiger partial charge in [0.25, 0.3) is 0 Å². The van der Waals surface area contributed by atoms with Gasteiger partial charge in [-0.1, -0.05) is 39.4 Å². The molecule has 0 spiro atoms. The van der Waals surface area contributed by atoms with E-state index in [9.17, 15) is 13.3 Å². The SMILES string of the molecule is Cc1sc([S+]([O-])Nc2cccc(F)n2)cc1NCc1c(F)cccc1Br. The van der Waals surface area contributed by atoms with Crippen molar-refractivity contribution in [2.45, 2.75) is 17.7 Å². The van der Waals surface area contributed by atoms with Crippen molar-refractivity contribution in [2.24, 2.45) is 0 Å². The maximum absolute atomic E-state index is 13.9. The largest absolute Gasteiger partial charge is 0.587 e. The van der Waals surface area contributed by atoms with E-state index in [1.807, 2.05) is 6.92 Å². The van der Waals surface area contributed by atoms with E-state index in [1.54, 1.807) is 18.2 Å². The van der Waals surface area contributed by atoms with Crippen LogP contribution in [0.1, 0.15) is 10.4 Å². The van der Waals surface area contributed by atoms with Gasteiger partial charge in [-0.15, -0.1) is 0 Å². The fourth-order valence-corrected chi connectivity index (χ4v) is 4.85. The van der Waals surface area contributed by atoms with Crippen molar-refractivity contribution < 1.29 is 13.3 Å². The summed E-state index contributed by atoms with van der Waals surface area (Å²) in [5, 5.41) is 3.16. The van der Waals surface area contributed by atoms with Crippen LogP contribution in [0.5, 0.6) is 0 Å². The summed E-state index contributed by atoms with van der Waals surface area (Å²) in [5.41, 5.74) is 1.28. The molecular formula is C17H14BrF2N3OS2. The van der Waals surface area contributed by atoms with Crippen molar-refractivity contribution in [3.05, 3.63) is 69.1 Å². The van der Waals surface area contributed by atoms with E-state index in [1.165, 1.54) is 35.6 Å². The van der Waals surface area contributed by atoms with Gasteiger partial charge in [0.2, 0.25) is 10.2 Å². The molecule has 2 heterocycles. The van der Waals surface area contributed by atoms with Gasteiger partial charge in [-0.3, -0.25) is 0 Å². The van der Waals surface area contributed by atoms with Gasteiger partial charge in [0.15, 0.2) is 5.82 Å². The second-order valence-corrected chi connectivity index (χ2v) is 8.86. The molecule has 0 fully saturated rings. The van der Waals surface area contributed by atoms with E-state index >= 15 is 0 Å². The third kappa shape index (κ3) is 4.53. The highest BCUT2D eigenvalue weighted by Crippen LogP contribution is 2.31. The molecule has 26 heavy (non-hydrogen) atoms. The van der Waals surface area contributed by atoms with Crippen LogP contribution in [0.15, 0.2) is 51.1 Å². The van der Waals surface area contributed by atoms with Gasteiger partial charge in [0.05, 0.1) is 5.69 Å². The molecule has 0 radical (unpaired) electrons. The zero-order valence-electron chi connectivity index (χ0n) is 13.6. The number of anilines is 2. The number of hydrogen-bond donors (Lipinski definition) is 2. The van der Waals surface area contributed by atoms with E-state index in [4.69, 9.17) is 0 Å². The van der Waals surface area contributed by atoms with Crippen molar-refractivity contribution in [3.8, 4) is 0 Å². The van der Waals surface area contributed by atoms with Gasteiger partial charge in [-0.25, -0.2) is 4.39 Å². The fourth-order valence-electron chi connectivity index (χ4n) is 2.22. The fraction of sp³-hybridized carbons (Fsp3) is 0.118. The number of thiophene rings is 1. The number of halogens is 3. The molecule has 4 nitrogen and oxygen atoms in total. The normalized spacial score (nSPS) is 12.0. The Morgan fingerprint density at radius 1 is 1.23 bits per heavy atom. The standard InChI is InChI=1S/C17H14BrF2N3OS2/c1-10-14(21-9-11-12(18)4-2-5-13(11)19)8-17(25-10)26(24)23-16-7-3-6-15(20)22-16/h2-8,21H,9H2,1H3,(H,22,23). The summed E-state index contributed by atoms with van der Waals surface area (Å²) in [5.74, 6) is -0.756. The van der Waals surface area contributed by atoms with Crippen LogP contribution in [0.25, 0.3) is 0 Å². The molecule has 0 aliphatic carbocycles. The van der Waals surface area contributed by atoms with E-state index in [0.29, 0.717) is 14.2 Å². The lowest BCUT2D eigenvalue weighted by molar-refractivity contribution is 0.584. The summed E-state index contributed by atoms with van der Waals surface area (Å²) in [6.45, 7) is 2.17. The summed E-state index contributed by atoms with van der Waals surface area (Å²) in [7, 11) is 0. The lowest BCUT2D eigenvalue weighted by atomic mass is 10.2. The van der Waals surface area contributed by atoms with Crippen molar-refractivity contribution >= 4 is 50.1 Å². The van der Waals surface area contributed by atoms with E-state index < -0.39 is 17.3 Å². The number of pyridine rings is 1. The summed E-state index contributed by atoms with van der Waals surface area (Å²) in [6.07, 6.45) is 0. The van der Waals surface area contributed by atoms with E-state index in [-0.39, 0.29) is 18.2 Å². The lowest BCUT2D eigenvalue weighted by Crippen LogP contribution is -2.13. The molecule has 0 amide bonds. The highest BCUT2D eigenvalue weighted by Gasteiger charge is 2.19. The minimum Gasteiger partial charge on any atom is -0.587 e. The molecular weight excluding hydrogens is 444 g/mol. The van der Waals surface area contributed by atoms with E-state index in [2.05, 4.69) is 31.0 Å². The van der Waals surface area contributed by atoms with Gasteiger partial charge in [0, 0.05) is 27.5 Å². The van der Waals surface area contributed by atoms with Crippen LogP contribution in [0.3, 0.4) is 0 Å². The average molecular weight is 458 g/mol. The Morgan fingerprint density at radius 3 is 2.73 bits per heavy atom. The Kier molecular flexibility index (Phi) is 6.13. The predicted molar refractivity (Wildman–Crippen MR) is 105 cm³/mol. The highest BCUT2D eigenvalue weighted by molar-refractivity contribution is 9.10.